The van der Waals surface area contributed by atoms with Crippen molar-refractivity contribution >= 4 is 11.9 Å². The van der Waals surface area contributed by atoms with E-state index in [0.717, 1.165) is 0 Å². The molecule has 2 atom stereocenters. The van der Waals surface area contributed by atoms with Crippen LogP contribution in [0, 0.1) is 5.92 Å². The average Bonchev–Trinajstić information content (AvgIpc) is 2.77. The quantitative estimate of drug-likeness (QED) is 0.808. The number of hydrogen-bond donors (Lipinski definition) is 1. The Kier molecular flexibility index (Phi) is 7.02. The van der Waals surface area contributed by atoms with Crippen molar-refractivity contribution in [2.24, 2.45) is 5.92 Å². The second-order valence-corrected chi connectivity index (χ2v) is 6.27. The van der Waals surface area contributed by atoms with Crippen molar-refractivity contribution in [2.45, 2.75) is 32.0 Å². The van der Waals surface area contributed by atoms with E-state index in [-0.39, 0.29) is 38.4 Å². The maximum atomic E-state index is 12.7. The van der Waals surface area contributed by atoms with E-state index in [2.05, 4.69) is 5.32 Å². The molecule has 5 nitrogen and oxygen atoms in total. The number of benzene rings is 1. The molecule has 0 radical (unpaired) electrons. The minimum atomic E-state index is -4.30. The maximum Gasteiger partial charge on any atom is 0.401 e. The molecule has 0 spiro atoms. The van der Waals surface area contributed by atoms with Crippen molar-refractivity contribution in [1.82, 2.24) is 10.2 Å². The van der Waals surface area contributed by atoms with Crippen LogP contribution < -0.4 is 5.32 Å². The number of halogens is 3. The van der Waals surface area contributed by atoms with Gasteiger partial charge >= 0.3 is 12.1 Å². The van der Waals surface area contributed by atoms with Gasteiger partial charge in [0.05, 0.1) is 19.1 Å². The van der Waals surface area contributed by atoms with Gasteiger partial charge < -0.3 is 10.1 Å². The fourth-order valence-electron chi connectivity index (χ4n) is 3.11. The van der Waals surface area contributed by atoms with Crippen LogP contribution in [0.25, 0.3) is 0 Å². The Hall–Kier alpha value is -2.09. The molecule has 1 N–H and O–H groups in total. The number of esters is 1. The number of carbonyl (C=O) groups is 2. The number of rotatable bonds is 5. The molecule has 1 aromatic carbocycles. The number of carbonyl (C=O) groups excluding carboxylic acids is 2. The zero-order chi connectivity index (χ0) is 19.2. The van der Waals surface area contributed by atoms with E-state index in [1.165, 1.54) is 4.90 Å². The lowest BCUT2D eigenvalue weighted by Crippen LogP contribution is -2.44. The summed E-state index contributed by atoms with van der Waals surface area (Å²) in [6, 6.07) is 7.92. The van der Waals surface area contributed by atoms with E-state index in [0.29, 0.717) is 5.56 Å². The predicted molar refractivity (Wildman–Crippen MR) is 89.5 cm³/mol. The summed E-state index contributed by atoms with van der Waals surface area (Å²) in [6.07, 6.45) is -3.85. The van der Waals surface area contributed by atoms with Crippen LogP contribution in [0.5, 0.6) is 0 Å². The van der Waals surface area contributed by atoms with E-state index >= 15 is 0 Å². The summed E-state index contributed by atoms with van der Waals surface area (Å²) in [7, 11) is 0. The second kappa shape index (κ2) is 9.02. The highest BCUT2D eigenvalue weighted by atomic mass is 19.4. The van der Waals surface area contributed by atoms with Crippen molar-refractivity contribution in [1.29, 1.82) is 0 Å². The minimum absolute atomic E-state index is 0.126. The zero-order valence-electron chi connectivity index (χ0n) is 14.6. The lowest BCUT2D eigenvalue weighted by atomic mass is 9.94. The van der Waals surface area contributed by atoms with Gasteiger partial charge in [0.25, 0.3) is 5.91 Å². The van der Waals surface area contributed by atoms with Crippen LogP contribution >= 0.6 is 0 Å². The summed E-state index contributed by atoms with van der Waals surface area (Å²) >= 11 is 0. The van der Waals surface area contributed by atoms with Crippen LogP contribution in [0.1, 0.15) is 30.1 Å². The summed E-state index contributed by atoms with van der Waals surface area (Å²) in [5.41, 5.74) is 0.437. The Balaban J connectivity index is 2.10. The third kappa shape index (κ3) is 6.01. The van der Waals surface area contributed by atoms with Gasteiger partial charge in [-0.05, 0) is 38.4 Å². The number of hydrogen-bond acceptors (Lipinski definition) is 4. The Morgan fingerprint density at radius 3 is 2.46 bits per heavy atom. The van der Waals surface area contributed by atoms with E-state index in [9.17, 15) is 22.8 Å². The van der Waals surface area contributed by atoms with Crippen LogP contribution in [0.4, 0.5) is 13.2 Å². The van der Waals surface area contributed by atoms with Gasteiger partial charge in [0.15, 0.2) is 0 Å². The summed E-state index contributed by atoms with van der Waals surface area (Å²) in [5.74, 6) is -1.50. The standard InChI is InChI=1S/C18H23F3N2O3/c1-2-26-17(25)14-8-10-23(12-18(19,20)21)11-9-15(14)22-16(24)13-6-4-3-5-7-13/h3-7,14-15H,2,8-12H2,1H3,(H,22,24)/t14-,15-/m0/s1. The Bertz CT molecular complexity index is 607. The highest BCUT2D eigenvalue weighted by molar-refractivity contribution is 5.94. The molecule has 1 saturated heterocycles. The molecule has 8 heteroatoms. The van der Waals surface area contributed by atoms with Gasteiger partial charge in [-0.1, -0.05) is 18.2 Å². The van der Waals surface area contributed by atoms with Gasteiger partial charge in [-0.3, -0.25) is 14.5 Å². The number of alkyl halides is 3. The summed E-state index contributed by atoms with van der Waals surface area (Å²) in [4.78, 5) is 25.9. The molecule has 1 amide bonds. The Morgan fingerprint density at radius 1 is 1.19 bits per heavy atom. The van der Waals surface area contributed by atoms with Crippen molar-refractivity contribution in [3.8, 4) is 0 Å². The van der Waals surface area contributed by atoms with Crippen LogP contribution in [0.2, 0.25) is 0 Å². The SMILES string of the molecule is CCOC(=O)[C@H]1CCN(CC(F)(F)F)CC[C@@H]1NC(=O)c1ccccc1. The monoisotopic (exact) mass is 372 g/mol. The van der Waals surface area contributed by atoms with Gasteiger partial charge in [0.2, 0.25) is 0 Å². The molecule has 2 rings (SSSR count). The van der Waals surface area contributed by atoms with Crippen molar-refractivity contribution < 1.29 is 27.5 Å². The largest absolute Gasteiger partial charge is 0.466 e. The highest BCUT2D eigenvalue weighted by Gasteiger charge is 2.37. The molecule has 26 heavy (non-hydrogen) atoms. The van der Waals surface area contributed by atoms with Crippen LogP contribution in [-0.4, -0.2) is 55.2 Å². The molecule has 1 aliphatic rings. The summed E-state index contributed by atoms with van der Waals surface area (Å²) in [5, 5.41) is 2.80. The minimum Gasteiger partial charge on any atom is -0.466 e. The molecular weight excluding hydrogens is 349 g/mol. The first-order valence-electron chi connectivity index (χ1n) is 8.62. The highest BCUT2D eigenvalue weighted by Crippen LogP contribution is 2.24. The molecule has 1 fully saturated rings. The van der Waals surface area contributed by atoms with Crippen molar-refractivity contribution in [3.63, 3.8) is 0 Å². The fraction of sp³-hybridized carbons (Fsp3) is 0.556. The van der Waals surface area contributed by atoms with Gasteiger partial charge in [0, 0.05) is 18.2 Å². The lowest BCUT2D eigenvalue weighted by molar-refractivity contribution is -0.149. The first kappa shape index (κ1) is 20.2. The molecule has 1 aromatic rings. The summed E-state index contributed by atoms with van der Waals surface area (Å²) < 4.78 is 43.1. The fourth-order valence-corrected chi connectivity index (χ4v) is 3.11. The van der Waals surface area contributed by atoms with Crippen LogP contribution in [0.3, 0.4) is 0 Å². The molecule has 1 heterocycles. The molecular formula is C18H23F3N2O3. The number of nitrogens with zero attached hydrogens (tertiary/aromatic N) is 1. The maximum absolute atomic E-state index is 12.7. The van der Waals surface area contributed by atoms with Crippen molar-refractivity contribution in [2.75, 3.05) is 26.2 Å². The second-order valence-electron chi connectivity index (χ2n) is 6.27. The van der Waals surface area contributed by atoms with E-state index < -0.39 is 30.7 Å². The Morgan fingerprint density at radius 2 is 1.85 bits per heavy atom. The number of nitrogens with one attached hydrogen (secondary N) is 1. The molecule has 0 saturated carbocycles. The third-order valence-electron chi connectivity index (χ3n) is 4.34. The van der Waals surface area contributed by atoms with Gasteiger partial charge in [-0.2, -0.15) is 13.2 Å². The molecule has 0 bridgehead atoms. The zero-order valence-corrected chi connectivity index (χ0v) is 14.6. The van der Waals surface area contributed by atoms with E-state index in [1.54, 1.807) is 37.3 Å². The Labute approximate surface area is 150 Å². The molecule has 0 aliphatic carbocycles. The molecule has 144 valence electrons. The van der Waals surface area contributed by atoms with Gasteiger partial charge in [-0.15, -0.1) is 0 Å². The summed E-state index contributed by atoms with van der Waals surface area (Å²) in [6.45, 7) is 1.10. The van der Waals surface area contributed by atoms with E-state index in [4.69, 9.17) is 4.74 Å². The molecule has 1 aliphatic heterocycles. The lowest BCUT2D eigenvalue weighted by Gasteiger charge is -2.24. The van der Waals surface area contributed by atoms with E-state index in [1.807, 2.05) is 0 Å². The van der Waals surface area contributed by atoms with Gasteiger partial charge in [0.1, 0.15) is 0 Å². The third-order valence-corrected chi connectivity index (χ3v) is 4.34. The van der Waals surface area contributed by atoms with Crippen molar-refractivity contribution in [3.05, 3.63) is 35.9 Å². The average molecular weight is 372 g/mol. The smallest absolute Gasteiger partial charge is 0.401 e. The first-order chi connectivity index (χ1) is 12.3. The number of likely N-dealkylation sites (tertiary alicyclic amines) is 1. The number of amides is 1. The number of ether oxygens (including phenoxy) is 1. The topological polar surface area (TPSA) is 58.6 Å². The van der Waals surface area contributed by atoms with Gasteiger partial charge in [-0.25, -0.2) is 0 Å². The predicted octanol–water partition coefficient (Wildman–Crippen LogP) is 2.62. The normalized spacial score (nSPS) is 21.7. The first-order valence-corrected chi connectivity index (χ1v) is 8.62. The molecule has 0 aromatic heterocycles. The van der Waals surface area contributed by atoms with Crippen LogP contribution in [0.15, 0.2) is 30.3 Å². The molecule has 0 unspecified atom stereocenters. The van der Waals surface area contributed by atoms with Crippen LogP contribution in [-0.2, 0) is 9.53 Å².